The summed E-state index contributed by atoms with van der Waals surface area (Å²) in [7, 11) is 0. The van der Waals surface area contributed by atoms with E-state index in [1.807, 2.05) is 23.6 Å². The zero-order chi connectivity index (χ0) is 18.5. The minimum Gasteiger partial charge on any atom is -0.350 e. The van der Waals surface area contributed by atoms with Crippen molar-refractivity contribution in [2.75, 3.05) is 5.75 Å². The van der Waals surface area contributed by atoms with E-state index in [2.05, 4.69) is 23.8 Å². The first-order valence-corrected chi connectivity index (χ1v) is 10.9. The van der Waals surface area contributed by atoms with Gasteiger partial charge in [-0.15, -0.1) is 29.3 Å². The van der Waals surface area contributed by atoms with Gasteiger partial charge in [-0.3, -0.25) is 14.2 Å². The average molecular weight is 406 g/mol. The summed E-state index contributed by atoms with van der Waals surface area (Å²) in [6.45, 7) is 6.67. The largest absolute Gasteiger partial charge is 0.350 e. The third kappa shape index (κ3) is 4.25. The van der Waals surface area contributed by atoms with E-state index >= 15 is 0 Å². The highest BCUT2D eigenvalue weighted by molar-refractivity contribution is 7.99. The molecule has 0 radical (unpaired) electrons. The average Bonchev–Trinajstić information content (AvgIpc) is 3.30. The van der Waals surface area contributed by atoms with Crippen LogP contribution in [0.2, 0.25) is 0 Å². The quantitative estimate of drug-likeness (QED) is 0.353. The van der Waals surface area contributed by atoms with Gasteiger partial charge in [0, 0.05) is 16.3 Å². The number of fused-ring (bicyclic) bond motifs is 1. The van der Waals surface area contributed by atoms with Crippen LogP contribution in [0.25, 0.3) is 10.2 Å². The number of aryl methyl sites for hydroxylation is 1. The minimum atomic E-state index is -0.0803. The van der Waals surface area contributed by atoms with Gasteiger partial charge in [0.05, 0.1) is 17.7 Å². The molecule has 0 atom stereocenters. The molecule has 0 spiro atoms. The van der Waals surface area contributed by atoms with E-state index < -0.39 is 0 Å². The normalized spacial score (nSPS) is 11.0. The van der Waals surface area contributed by atoms with Crippen LogP contribution in [0, 0.1) is 0 Å². The maximum absolute atomic E-state index is 12.8. The highest BCUT2D eigenvalue weighted by Crippen LogP contribution is 2.25. The summed E-state index contributed by atoms with van der Waals surface area (Å²) in [4.78, 5) is 32.5. The van der Waals surface area contributed by atoms with Gasteiger partial charge in [0.2, 0.25) is 5.91 Å². The van der Waals surface area contributed by atoms with Gasteiger partial charge >= 0.3 is 0 Å². The van der Waals surface area contributed by atoms with Crippen molar-refractivity contribution in [3.8, 4) is 0 Å². The number of nitrogens with zero attached hydrogens (tertiary/aromatic N) is 2. The standard InChI is InChI=1S/C18H19N3O2S3/c1-3-7-21-17(23)14-9-12(4-2)26-16(14)20-18(21)25-11-15(22)19-10-13-6-5-8-24-13/h3,5-6,8-9H,1,4,7,10-11H2,2H3,(H,19,22). The predicted molar refractivity (Wildman–Crippen MR) is 110 cm³/mol. The Labute approximate surface area is 163 Å². The Morgan fingerprint density at radius 1 is 1.46 bits per heavy atom. The van der Waals surface area contributed by atoms with Crippen molar-refractivity contribution in [2.24, 2.45) is 0 Å². The topological polar surface area (TPSA) is 64.0 Å². The van der Waals surface area contributed by atoms with E-state index in [1.165, 1.54) is 23.1 Å². The molecule has 0 saturated carbocycles. The molecule has 26 heavy (non-hydrogen) atoms. The molecule has 3 rings (SSSR count). The predicted octanol–water partition coefficient (Wildman–Crippen LogP) is 3.68. The van der Waals surface area contributed by atoms with Crippen LogP contribution in [0.5, 0.6) is 0 Å². The summed E-state index contributed by atoms with van der Waals surface area (Å²) < 4.78 is 1.58. The minimum absolute atomic E-state index is 0.0765. The van der Waals surface area contributed by atoms with Crippen LogP contribution in [0.3, 0.4) is 0 Å². The third-order valence-electron chi connectivity index (χ3n) is 3.70. The second-order valence-electron chi connectivity index (χ2n) is 5.53. The zero-order valence-corrected chi connectivity index (χ0v) is 16.8. The molecule has 0 aromatic carbocycles. The SMILES string of the molecule is C=CCn1c(SCC(=O)NCc2cccs2)nc2sc(CC)cc2c1=O. The summed E-state index contributed by atoms with van der Waals surface area (Å²) >= 11 is 4.42. The number of thiophene rings is 2. The molecule has 0 aliphatic carbocycles. The Morgan fingerprint density at radius 3 is 3.00 bits per heavy atom. The van der Waals surface area contributed by atoms with Crippen molar-refractivity contribution in [2.45, 2.75) is 31.6 Å². The van der Waals surface area contributed by atoms with Crippen LogP contribution in [0.4, 0.5) is 0 Å². The van der Waals surface area contributed by atoms with Crippen molar-refractivity contribution in [1.82, 2.24) is 14.9 Å². The number of thioether (sulfide) groups is 1. The fraction of sp³-hybridized carbons (Fsp3) is 0.278. The first-order chi connectivity index (χ1) is 12.6. The molecular formula is C18H19N3O2S3. The van der Waals surface area contributed by atoms with Crippen molar-refractivity contribution < 1.29 is 4.79 Å². The second-order valence-corrected chi connectivity index (χ2v) is 8.62. The molecule has 3 aromatic rings. The summed E-state index contributed by atoms with van der Waals surface area (Å²) in [5, 5.41) is 6.06. The molecular weight excluding hydrogens is 386 g/mol. The van der Waals surface area contributed by atoms with E-state index in [0.717, 1.165) is 21.0 Å². The third-order valence-corrected chi connectivity index (χ3v) is 6.73. The summed E-state index contributed by atoms with van der Waals surface area (Å²) in [6, 6.07) is 5.86. The molecule has 1 N–H and O–H groups in total. The molecule has 136 valence electrons. The van der Waals surface area contributed by atoms with Crippen LogP contribution < -0.4 is 10.9 Å². The molecule has 0 aliphatic rings. The van der Waals surface area contributed by atoms with Crippen LogP contribution in [-0.2, 0) is 24.3 Å². The van der Waals surface area contributed by atoms with Gasteiger partial charge in [-0.2, -0.15) is 0 Å². The maximum Gasteiger partial charge on any atom is 0.263 e. The van der Waals surface area contributed by atoms with E-state index in [1.54, 1.807) is 22.0 Å². The number of carbonyl (C=O) groups is 1. The van der Waals surface area contributed by atoms with Crippen molar-refractivity contribution in [3.63, 3.8) is 0 Å². The van der Waals surface area contributed by atoms with Crippen LogP contribution in [0.15, 0.2) is 46.2 Å². The van der Waals surface area contributed by atoms with Crippen molar-refractivity contribution in [1.29, 1.82) is 0 Å². The fourth-order valence-electron chi connectivity index (χ4n) is 2.40. The molecule has 3 heterocycles. The van der Waals surface area contributed by atoms with Gasteiger partial charge in [-0.1, -0.05) is 30.8 Å². The number of rotatable bonds is 8. The first kappa shape index (κ1) is 18.9. The number of hydrogen-bond acceptors (Lipinski definition) is 6. The number of amides is 1. The number of nitrogens with one attached hydrogen (secondary N) is 1. The molecule has 5 nitrogen and oxygen atoms in total. The lowest BCUT2D eigenvalue weighted by atomic mass is 10.3. The Hall–Kier alpha value is -1.90. The number of carbonyl (C=O) groups excluding carboxylic acids is 1. The van der Waals surface area contributed by atoms with Gasteiger partial charge in [0.25, 0.3) is 5.56 Å². The Bertz CT molecular complexity index is 974. The summed E-state index contributed by atoms with van der Waals surface area (Å²) in [5.41, 5.74) is -0.0765. The lowest BCUT2D eigenvalue weighted by Gasteiger charge is -2.10. The van der Waals surface area contributed by atoms with Gasteiger partial charge in [0.1, 0.15) is 4.83 Å². The fourth-order valence-corrected chi connectivity index (χ4v) is 4.89. The van der Waals surface area contributed by atoms with E-state index in [9.17, 15) is 9.59 Å². The zero-order valence-electron chi connectivity index (χ0n) is 14.4. The van der Waals surface area contributed by atoms with E-state index in [-0.39, 0.29) is 17.2 Å². The number of hydrogen-bond donors (Lipinski definition) is 1. The molecule has 3 aromatic heterocycles. The monoisotopic (exact) mass is 405 g/mol. The molecule has 0 bridgehead atoms. The van der Waals surface area contributed by atoms with Gasteiger partial charge < -0.3 is 5.32 Å². The molecule has 0 unspecified atom stereocenters. The van der Waals surface area contributed by atoms with Crippen LogP contribution in [-0.4, -0.2) is 21.2 Å². The van der Waals surface area contributed by atoms with E-state index in [0.29, 0.717) is 23.6 Å². The smallest absolute Gasteiger partial charge is 0.263 e. The van der Waals surface area contributed by atoms with Crippen LogP contribution >= 0.6 is 34.4 Å². The Kier molecular flexibility index (Phi) is 6.29. The summed E-state index contributed by atoms with van der Waals surface area (Å²) in [5.74, 6) is 0.135. The first-order valence-electron chi connectivity index (χ1n) is 8.18. The molecule has 1 amide bonds. The molecule has 0 aliphatic heterocycles. The lowest BCUT2D eigenvalue weighted by Crippen LogP contribution is -2.26. The number of aromatic nitrogens is 2. The second kappa shape index (κ2) is 8.66. The van der Waals surface area contributed by atoms with Crippen LogP contribution in [0.1, 0.15) is 16.7 Å². The van der Waals surface area contributed by atoms with Gasteiger partial charge in [-0.05, 0) is 23.9 Å². The lowest BCUT2D eigenvalue weighted by molar-refractivity contribution is -0.118. The highest BCUT2D eigenvalue weighted by Gasteiger charge is 2.15. The van der Waals surface area contributed by atoms with Gasteiger partial charge in [-0.25, -0.2) is 4.98 Å². The molecule has 0 fully saturated rings. The Morgan fingerprint density at radius 2 is 2.31 bits per heavy atom. The maximum atomic E-state index is 12.8. The van der Waals surface area contributed by atoms with Gasteiger partial charge in [0.15, 0.2) is 5.16 Å². The summed E-state index contributed by atoms with van der Waals surface area (Å²) in [6.07, 6.45) is 2.54. The van der Waals surface area contributed by atoms with E-state index in [4.69, 9.17) is 0 Å². The molecule has 8 heteroatoms. The van der Waals surface area contributed by atoms with Crippen molar-refractivity contribution in [3.05, 3.63) is 56.3 Å². The molecule has 0 saturated heterocycles. The number of allylic oxidation sites excluding steroid dienone is 1. The van der Waals surface area contributed by atoms with Crippen molar-refractivity contribution >= 4 is 50.6 Å². The Balaban J connectivity index is 1.77. The highest BCUT2D eigenvalue weighted by atomic mass is 32.2.